The number of aromatic amines is 1. The van der Waals surface area contributed by atoms with Crippen molar-refractivity contribution in [1.82, 2.24) is 14.8 Å². The van der Waals surface area contributed by atoms with Gasteiger partial charge in [-0.2, -0.15) is 0 Å². The lowest BCUT2D eigenvalue weighted by Crippen LogP contribution is -2.48. The van der Waals surface area contributed by atoms with E-state index in [4.69, 9.17) is 0 Å². The largest absolute Gasteiger partial charge is 0.361 e. The fourth-order valence-electron chi connectivity index (χ4n) is 5.10. The first-order chi connectivity index (χ1) is 13.3. The lowest BCUT2D eigenvalue weighted by Gasteiger charge is -2.36. The quantitative estimate of drug-likeness (QED) is 0.851. The Morgan fingerprint density at radius 2 is 1.85 bits per heavy atom. The maximum absolute atomic E-state index is 13.2. The van der Waals surface area contributed by atoms with Gasteiger partial charge in [0.05, 0.1) is 0 Å². The summed E-state index contributed by atoms with van der Waals surface area (Å²) in [6, 6.07) is 8.55. The summed E-state index contributed by atoms with van der Waals surface area (Å²) in [5.41, 5.74) is 2.55. The zero-order chi connectivity index (χ0) is 18.6. The number of H-pyrrole nitrogens is 1. The van der Waals surface area contributed by atoms with Crippen molar-refractivity contribution in [1.29, 1.82) is 0 Å². The number of likely N-dealkylation sites (N-methyl/N-ethyl adjacent to an activating group) is 1. The predicted molar refractivity (Wildman–Crippen MR) is 111 cm³/mol. The molecule has 2 fully saturated rings. The van der Waals surface area contributed by atoms with Gasteiger partial charge < -0.3 is 14.8 Å². The molecule has 1 aromatic heterocycles. The van der Waals surface area contributed by atoms with Crippen LogP contribution < -0.4 is 0 Å². The first kappa shape index (κ1) is 18.5. The topological polar surface area (TPSA) is 39.3 Å². The molecule has 0 bridgehead atoms. The molecular formula is C23H33N3O. The number of rotatable bonds is 5. The average Bonchev–Trinajstić information content (AvgIpc) is 3.16. The average molecular weight is 368 g/mol. The highest BCUT2D eigenvalue weighted by Gasteiger charge is 2.31. The van der Waals surface area contributed by atoms with E-state index >= 15 is 0 Å². The zero-order valence-electron chi connectivity index (χ0n) is 16.6. The van der Waals surface area contributed by atoms with Gasteiger partial charge >= 0.3 is 0 Å². The van der Waals surface area contributed by atoms with E-state index in [9.17, 15) is 4.79 Å². The molecule has 4 rings (SSSR count). The van der Waals surface area contributed by atoms with E-state index in [2.05, 4.69) is 52.2 Å². The molecule has 4 nitrogen and oxygen atoms in total. The van der Waals surface area contributed by atoms with Crippen molar-refractivity contribution in [2.24, 2.45) is 5.92 Å². The Hall–Kier alpha value is -1.81. The second-order valence-corrected chi connectivity index (χ2v) is 8.31. The summed E-state index contributed by atoms with van der Waals surface area (Å²) >= 11 is 0. The van der Waals surface area contributed by atoms with Gasteiger partial charge in [-0.15, -0.1) is 0 Å². The van der Waals surface area contributed by atoms with Crippen molar-refractivity contribution in [2.45, 2.75) is 51.4 Å². The molecule has 4 heteroatoms. The summed E-state index contributed by atoms with van der Waals surface area (Å²) < 4.78 is 0. The van der Waals surface area contributed by atoms with Crippen LogP contribution in [0.25, 0.3) is 10.9 Å². The molecule has 146 valence electrons. The Bertz CT molecular complexity index is 754. The first-order valence-electron chi connectivity index (χ1n) is 10.8. The Kier molecular flexibility index (Phi) is 5.82. The number of piperazine rings is 1. The number of amides is 1. The Morgan fingerprint density at radius 1 is 1.11 bits per heavy atom. The van der Waals surface area contributed by atoms with Crippen LogP contribution in [0.2, 0.25) is 0 Å². The number of hydrogen-bond donors (Lipinski definition) is 1. The fraction of sp³-hybridized carbons (Fsp3) is 0.609. The van der Waals surface area contributed by atoms with Crippen molar-refractivity contribution in [3.05, 3.63) is 36.0 Å². The van der Waals surface area contributed by atoms with Gasteiger partial charge in [-0.25, -0.2) is 0 Å². The van der Waals surface area contributed by atoms with Crippen molar-refractivity contribution < 1.29 is 4.79 Å². The summed E-state index contributed by atoms with van der Waals surface area (Å²) in [4.78, 5) is 21.2. The molecule has 1 saturated carbocycles. The van der Waals surface area contributed by atoms with Crippen molar-refractivity contribution >= 4 is 16.8 Å². The van der Waals surface area contributed by atoms with Crippen LogP contribution in [0.4, 0.5) is 0 Å². The summed E-state index contributed by atoms with van der Waals surface area (Å²) in [6.45, 7) is 7.10. The predicted octanol–water partition coefficient (Wildman–Crippen LogP) is 4.39. The van der Waals surface area contributed by atoms with E-state index in [-0.39, 0.29) is 0 Å². The van der Waals surface area contributed by atoms with Crippen LogP contribution in [0.3, 0.4) is 0 Å². The highest BCUT2D eigenvalue weighted by atomic mass is 16.2. The zero-order valence-corrected chi connectivity index (χ0v) is 16.6. The molecule has 1 aliphatic carbocycles. The second-order valence-electron chi connectivity index (χ2n) is 8.31. The smallest absolute Gasteiger partial charge is 0.223 e. The lowest BCUT2D eigenvalue weighted by atomic mass is 9.75. The summed E-state index contributed by atoms with van der Waals surface area (Å²) in [5.74, 6) is 1.34. The third-order valence-electron chi connectivity index (χ3n) is 6.81. The summed E-state index contributed by atoms with van der Waals surface area (Å²) in [7, 11) is 0. The third kappa shape index (κ3) is 4.06. The Labute approximate surface area is 162 Å². The van der Waals surface area contributed by atoms with Crippen LogP contribution in [-0.4, -0.2) is 53.4 Å². The van der Waals surface area contributed by atoms with E-state index in [0.717, 1.165) is 32.7 Å². The molecule has 1 aromatic carbocycles. The number of carbonyl (C=O) groups excluding carboxylic acids is 1. The molecule has 1 N–H and O–H groups in total. The van der Waals surface area contributed by atoms with Crippen molar-refractivity contribution in [3.8, 4) is 0 Å². The molecule has 1 amide bonds. The summed E-state index contributed by atoms with van der Waals surface area (Å²) in [5, 5.41) is 1.30. The van der Waals surface area contributed by atoms with E-state index in [0.29, 0.717) is 24.2 Å². The fourth-order valence-corrected chi connectivity index (χ4v) is 5.10. The number of nitrogens with zero attached hydrogens (tertiary/aromatic N) is 2. The highest BCUT2D eigenvalue weighted by molar-refractivity contribution is 5.85. The van der Waals surface area contributed by atoms with Crippen LogP contribution in [0.1, 0.15) is 56.9 Å². The molecule has 2 aromatic rings. The SMILES string of the molecule is CCN1CCN(C(=O)CC(c2c[nH]c3ccccc23)C2CCCCC2)CC1. The molecule has 27 heavy (non-hydrogen) atoms. The molecule has 1 aliphatic heterocycles. The first-order valence-corrected chi connectivity index (χ1v) is 10.8. The number of nitrogens with one attached hydrogen (secondary N) is 1. The van der Waals surface area contributed by atoms with Gasteiger partial charge in [-0.3, -0.25) is 4.79 Å². The van der Waals surface area contributed by atoms with Crippen molar-refractivity contribution in [3.63, 3.8) is 0 Å². The molecule has 1 atom stereocenters. The van der Waals surface area contributed by atoms with Crippen LogP contribution in [0.5, 0.6) is 0 Å². The highest BCUT2D eigenvalue weighted by Crippen LogP contribution is 2.41. The minimum absolute atomic E-state index is 0.346. The Morgan fingerprint density at radius 3 is 2.59 bits per heavy atom. The molecule has 0 radical (unpaired) electrons. The van der Waals surface area contributed by atoms with Gasteiger partial charge in [-0.1, -0.05) is 44.4 Å². The monoisotopic (exact) mass is 367 g/mol. The number of aromatic nitrogens is 1. The number of benzene rings is 1. The standard InChI is InChI=1S/C23H33N3O/c1-2-25-12-14-26(15-13-25)23(27)16-20(18-8-4-3-5-9-18)21-17-24-22-11-7-6-10-19(21)22/h6-7,10-11,17-18,20,24H,2-5,8-9,12-16H2,1H3. The Balaban J connectivity index is 1.54. The molecule has 2 aliphatic rings. The van der Waals surface area contributed by atoms with E-state index in [1.807, 2.05) is 0 Å². The van der Waals surface area contributed by atoms with E-state index in [1.54, 1.807) is 0 Å². The van der Waals surface area contributed by atoms with Crippen LogP contribution in [0.15, 0.2) is 30.5 Å². The third-order valence-corrected chi connectivity index (χ3v) is 6.81. The van der Waals surface area contributed by atoms with Gasteiger partial charge in [0.2, 0.25) is 5.91 Å². The normalized spacial score (nSPS) is 20.9. The van der Waals surface area contributed by atoms with Gasteiger partial charge in [0, 0.05) is 49.7 Å². The van der Waals surface area contributed by atoms with Gasteiger partial charge in [0.15, 0.2) is 0 Å². The number of para-hydroxylation sites is 1. The molecule has 1 saturated heterocycles. The number of hydrogen-bond acceptors (Lipinski definition) is 2. The number of fused-ring (bicyclic) bond motifs is 1. The molecule has 1 unspecified atom stereocenters. The van der Waals surface area contributed by atoms with Gasteiger partial charge in [-0.05, 0) is 42.9 Å². The maximum atomic E-state index is 13.2. The van der Waals surface area contributed by atoms with E-state index < -0.39 is 0 Å². The minimum Gasteiger partial charge on any atom is -0.361 e. The number of carbonyl (C=O) groups is 1. The summed E-state index contributed by atoms with van der Waals surface area (Å²) in [6.07, 6.45) is 9.34. The minimum atomic E-state index is 0.346. The van der Waals surface area contributed by atoms with Crippen LogP contribution in [-0.2, 0) is 4.79 Å². The van der Waals surface area contributed by atoms with Crippen LogP contribution >= 0.6 is 0 Å². The van der Waals surface area contributed by atoms with Crippen LogP contribution in [0, 0.1) is 5.92 Å². The molecular weight excluding hydrogens is 334 g/mol. The van der Waals surface area contributed by atoms with Gasteiger partial charge in [0.1, 0.15) is 0 Å². The van der Waals surface area contributed by atoms with Gasteiger partial charge in [0.25, 0.3) is 0 Å². The van der Waals surface area contributed by atoms with Crippen molar-refractivity contribution in [2.75, 3.05) is 32.7 Å². The lowest BCUT2D eigenvalue weighted by molar-refractivity contribution is -0.133. The second kappa shape index (κ2) is 8.47. The molecule has 0 spiro atoms. The van der Waals surface area contributed by atoms with E-state index in [1.165, 1.54) is 48.6 Å². The molecule has 2 heterocycles. The maximum Gasteiger partial charge on any atom is 0.223 e.